The average Bonchev–Trinajstić information content (AvgIpc) is 3.44. The maximum atomic E-state index is 12.9. The van der Waals surface area contributed by atoms with Crippen molar-refractivity contribution < 1.29 is 42.9 Å². The van der Waals surface area contributed by atoms with Crippen molar-refractivity contribution in [1.82, 2.24) is 0 Å². The van der Waals surface area contributed by atoms with Gasteiger partial charge in [0.05, 0.1) is 40.3 Å². The van der Waals surface area contributed by atoms with Crippen LogP contribution in [-0.4, -0.2) is 82.3 Å². The molecule has 0 bridgehead atoms. The topological polar surface area (TPSA) is 111 Å². The Hall–Kier alpha value is -4.31. The summed E-state index contributed by atoms with van der Waals surface area (Å²) in [6.07, 6.45) is 84.4. The molecule has 9 heteroatoms. The standard InChI is InChI=1S/C72H121NO8/c1-6-8-10-12-14-16-18-20-22-23-24-25-26-27-28-29-30-31-32-33-34-35-36-37-38-39-40-41-42-43-44-45-46-47-49-51-53-55-57-59-61-63-70(75)81-68(67-80-72(71(76)77)78-65-64-73(3,4)5)66-79-69(74)62-60-58-56-54-52-50-48-21-19-17-15-13-11-9-7-2/h8-11,14-17,20-22,24-25,27-28,30-31,48,52,54,68,72H,6-7,12-13,18-19,23,26,29,32-47,49-51,53,55-67H2,1-5H3/b10-8-,11-9-,16-14-,17-15-,22-20-,25-24-,28-27-,31-30-,48-21-,54-52-. The maximum absolute atomic E-state index is 12.9. The van der Waals surface area contributed by atoms with Crippen LogP contribution >= 0.6 is 0 Å². The Labute approximate surface area is 497 Å². The van der Waals surface area contributed by atoms with Gasteiger partial charge in [-0.25, -0.2) is 0 Å². The summed E-state index contributed by atoms with van der Waals surface area (Å²) in [5, 5.41) is 11.8. The van der Waals surface area contributed by atoms with Crippen LogP contribution in [0.5, 0.6) is 0 Å². The van der Waals surface area contributed by atoms with Gasteiger partial charge >= 0.3 is 11.9 Å². The average molecular weight is 1130 g/mol. The lowest BCUT2D eigenvalue weighted by Gasteiger charge is -2.26. The molecule has 0 heterocycles. The van der Waals surface area contributed by atoms with E-state index in [0.717, 1.165) is 96.3 Å². The van der Waals surface area contributed by atoms with Gasteiger partial charge < -0.3 is 33.3 Å². The molecule has 0 saturated heterocycles. The second kappa shape index (κ2) is 61.8. The predicted octanol–water partition coefficient (Wildman–Crippen LogP) is 18.7. The van der Waals surface area contributed by atoms with Gasteiger partial charge in [0.1, 0.15) is 13.2 Å². The van der Waals surface area contributed by atoms with E-state index in [2.05, 4.69) is 135 Å². The number of nitrogens with zero attached hydrogens (tertiary/aromatic N) is 1. The summed E-state index contributed by atoms with van der Waals surface area (Å²) in [5.41, 5.74) is 0. The third-order valence-corrected chi connectivity index (χ3v) is 13.7. The van der Waals surface area contributed by atoms with E-state index in [1.54, 1.807) is 0 Å². The zero-order valence-electron chi connectivity index (χ0n) is 52.6. The van der Waals surface area contributed by atoms with Crippen LogP contribution in [0.3, 0.4) is 0 Å². The van der Waals surface area contributed by atoms with Gasteiger partial charge in [0.2, 0.25) is 0 Å². The van der Waals surface area contributed by atoms with E-state index in [4.69, 9.17) is 18.9 Å². The van der Waals surface area contributed by atoms with E-state index in [-0.39, 0.29) is 32.7 Å². The van der Waals surface area contributed by atoms with Crippen LogP contribution in [0.2, 0.25) is 0 Å². The number of ether oxygens (including phenoxy) is 4. The SMILES string of the molecule is CC/C=C\C/C=C\C/C=C\C/C=C\C/C=C\C/C=C\CCCCCCCCCCCCCCCCCCCCCCCCC(=O)OC(COC(=O)CCCC/C=C\C/C=C\C/C=C\C/C=C\CC)COC(OCC[N+](C)(C)C)C(=O)[O-]. The molecule has 0 aromatic carbocycles. The quantitative estimate of drug-likeness (QED) is 0.0195. The number of unbranched alkanes of at least 4 members (excludes halogenated alkanes) is 24. The number of carboxylic acid groups (broad SMARTS) is 1. The van der Waals surface area contributed by atoms with Crippen LogP contribution in [0.25, 0.3) is 0 Å². The number of hydrogen-bond donors (Lipinski definition) is 0. The van der Waals surface area contributed by atoms with E-state index in [1.807, 2.05) is 21.1 Å². The molecule has 0 saturated carbocycles. The van der Waals surface area contributed by atoms with E-state index < -0.39 is 30.3 Å². The summed E-state index contributed by atoms with van der Waals surface area (Å²) in [5.74, 6) is -2.34. The highest BCUT2D eigenvalue weighted by Gasteiger charge is 2.22. The van der Waals surface area contributed by atoms with E-state index >= 15 is 0 Å². The van der Waals surface area contributed by atoms with Crippen LogP contribution < -0.4 is 5.11 Å². The summed E-state index contributed by atoms with van der Waals surface area (Å²) in [6, 6.07) is 0. The zero-order chi connectivity index (χ0) is 59.1. The molecule has 81 heavy (non-hydrogen) atoms. The van der Waals surface area contributed by atoms with Gasteiger partial charge in [-0.1, -0.05) is 264 Å². The number of esters is 2. The molecule has 2 unspecified atom stereocenters. The fraction of sp³-hybridized carbons (Fsp3) is 0.681. The van der Waals surface area contributed by atoms with Gasteiger partial charge in [0, 0.05) is 12.8 Å². The van der Waals surface area contributed by atoms with Crippen LogP contribution in [0.4, 0.5) is 0 Å². The van der Waals surface area contributed by atoms with E-state index in [9.17, 15) is 19.5 Å². The van der Waals surface area contributed by atoms with Crippen molar-refractivity contribution in [1.29, 1.82) is 0 Å². The summed E-state index contributed by atoms with van der Waals surface area (Å²) in [4.78, 5) is 37.3. The smallest absolute Gasteiger partial charge is 0.306 e. The minimum absolute atomic E-state index is 0.137. The summed E-state index contributed by atoms with van der Waals surface area (Å²) < 4.78 is 22.7. The number of rotatable bonds is 59. The normalized spacial score (nSPS) is 13.5. The lowest BCUT2D eigenvalue weighted by atomic mass is 10.0. The van der Waals surface area contributed by atoms with E-state index in [1.165, 1.54) is 122 Å². The number of carboxylic acids is 1. The first-order valence-electron chi connectivity index (χ1n) is 32.7. The maximum Gasteiger partial charge on any atom is 0.306 e. The number of carbonyl (C=O) groups excluding carboxylic acids is 3. The Balaban J connectivity index is 4.01. The molecule has 462 valence electrons. The molecule has 2 atom stereocenters. The number of quaternary nitrogens is 1. The molecule has 0 spiro atoms. The molecule has 0 amide bonds. The van der Waals surface area contributed by atoms with Crippen molar-refractivity contribution in [2.75, 3.05) is 47.5 Å². The molecule has 0 aliphatic heterocycles. The summed E-state index contributed by atoms with van der Waals surface area (Å²) >= 11 is 0. The van der Waals surface area contributed by atoms with Crippen molar-refractivity contribution in [3.63, 3.8) is 0 Å². The first-order chi connectivity index (χ1) is 39.6. The second-order valence-corrected chi connectivity index (χ2v) is 22.6. The molecule has 0 fully saturated rings. The third-order valence-electron chi connectivity index (χ3n) is 13.7. The van der Waals surface area contributed by atoms with Gasteiger partial charge in [-0.3, -0.25) is 9.59 Å². The number of likely N-dealkylation sites (N-methyl/N-ethyl adjacent to an activating group) is 1. The third kappa shape index (κ3) is 63.1. The molecule has 0 aliphatic carbocycles. The number of allylic oxidation sites excluding steroid dienone is 20. The molecule has 0 aromatic rings. The lowest BCUT2D eigenvalue weighted by molar-refractivity contribution is -0.870. The molecule has 0 N–H and O–H groups in total. The Kier molecular flexibility index (Phi) is 58.5. The van der Waals surface area contributed by atoms with Crippen molar-refractivity contribution in [2.45, 2.75) is 270 Å². The highest BCUT2D eigenvalue weighted by molar-refractivity contribution is 5.70. The molecule has 0 aromatic heterocycles. The van der Waals surface area contributed by atoms with Crippen LogP contribution in [0.1, 0.15) is 258 Å². The van der Waals surface area contributed by atoms with Gasteiger partial charge in [0.25, 0.3) is 0 Å². The van der Waals surface area contributed by atoms with Crippen LogP contribution in [0.15, 0.2) is 122 Å². The van der Waals surface area contributed by atoms with Gasteiger partial charge in [0.15, 0.2) is 12.4 Å². The number of hydrogen-bond acceptors (Lipinski definition) is 8. The predicted molar refractivity (Wildman–Crippen MR) is 343 cm³/mol. The summed E-state index contributed by atoms with van der Waals surface area (Å²) in [7, 11) is 5.91. The van der Waals surface area contributed by atoms with Crippen molar-refractivity contribution in [3.8, 4) is 0 Å². The van der Waals surface area contributed by atoms with Gasteiger partial charge in [-0.15, -0.1) is 0 Å². The highest BCUT2D eigenvalue weighted by atomic mass is 16.7. The van der Waals surface area contributed by atoms with Gasteiger partial charge in [-0.2, -0.15) is 0 Å². The van der Waals surface area contributed by atoms with Crippen molar-refractivity contribution in [2.24, 2.45) is 0 Å². The highest BCUT2D eigenvalue weighted by Crippen LogP contribution is 2.17. The molecule has 9 nitrogen and oxygen atoms in total. The van der Waals surface area contributed by atoms with Crippen molar-refractivity contribution in [3.05, 3.63) is 122 Å². The Bertz CT molecular complexity index is 1740. The minimum atomic E-state index is -1.63. The molecular formula is C72H121NO8. The molecule has 0 radical (unpaired) electrons. The molecule has 0 rings (SSSR count). The molecular weight excluding hydrogens is 1010 g/mol. The van der Waals surface area contributed by atoms with Gasteiger partial charge in [-0.05, 0) is 103 Å². The summed E-state index contributed by atoms with van der Waals surface area (Å²) in [6.45, 7) is 4.47. The number of aliphatic carboxylic acids is 1. The Morgan fingerprint density at radius 2 is 0.667 bits per heavy atom. The Morgan fingerprint density at radius 1 is 0.370 bits per heavy atom. The number of carbonyl (C=O) groups is 3. The largest absolute Gasteiger partial charge is 0.545 e. The fourth-order valence-corrected chi connectivity index (χ4v) is 8.77. The monoisotopic (exact) mass is 1130 g/mol. The lowest BCUT2D eigenvalue weighted by Crippen LogP contribution is -2.44. The van der Waals surface area contributed by atoms with Crippen molar-refractivity contribution >= 4 is 17.9 Å². The minimum Gasteiger partial charge on any atom is -0.545 e. The van der Waals surface area contributed by atoms with E-state index in [0.29, 0.717) is 23.9 Å². The first kappa shape index (κ1) is 76.7. The fourth-order valence-electron chi connectivity index (χ4n) is 8.77. The van der Waals surface area contributed by atoms with Crippen LogP contribution in [-0.2, 0) is 33.3 Å². The van der Waals surface area contributed by atoms with Crippen LogP contribution in [0, 0.1) is 0 Å². The first-order valence-corrected chi connectivity index (χ1v) is 32.7. The Morgan fingerprint density at radius 3 is 1.01 bits per heavy atom. The second-order valence-electron chi connectivity index (χ2n) is 22.6. The molecule has 0 aliphatic rings. The zero-order valence-corrected chi connectivity index (χ0v) is 52.6.